The van der Waals surface area contributed by atoms with Crippen molar-refractivity contribution in [3.8, 4) is 11.5 Å². The summed E-state index contributed by atoms with van der Waals surface area (Å²) in [5.41, 5.74) is 2.16. The quantitative estimate of drug-likeness (QED) is 0.114. The van der Waals surface area contributed by atoms with E-state index >= 15 is 0 Å². The molecule has 0 saturated heterocycles. The summed E-state index contributed by atoms with van der Waals surface area (Å²) in [5, 5.41) is 57.6. The number of carboxylic acids is 2. The molecule has 2 aromatic heterocycles. The molecule has 14 heteroatoms. The van der Waals surface area contributed by atoms with Crippen LogP contribution in [0, 0.1) is 0 Å². The number of nitrogens with one attached hydrogen (secondary N) is 2. The van der Waals surface area contributed by atoms with E-state index in [1.54, 1.807) is 12.4 Å². The highest BCUT2D eigenvalue weighted by Crippen LogP contribution is 2.13. The summed E-state index contributed by atoms with van der Waals surface area (Å²) < 4.78 is 10.7. The van der Waals surface area contributed by atoms with E-state index in [0.29, 0.717) is 13.2 Å². The molecule has 8 N–H and O–H groups in total. The number of aliphatic hydroxyl groups excluding tert-OH is 4. The number of pyridine rings is 2. The van der Waals surface area contributed by atoms with Crippen LogP contribution in [-0.4, -0.2) is 117 Å². The van der Waals surface area contributed by atoms with Gasteiger partial charge in [0.25, 0.3) is 0 Å². The Labute approximate surface area is 257 Å². The minimum absolute atomic E-state index is 0.675. The number of carboxylic acid groups (broad SMARTS) is 2. The number of hydrogen-bond donors (Lipinski definition) is 8. The number of carbonyl (C=O) groups is 2. The van der Waals surface area contributed by atoms with Crippen LogP contribution in [0.5, 0.6) is 11.5 Å². The van der Waals surface area contributed by atoms with Crippen molar-refractivity contribution >= 4 is 24.1 Å². The van der Waals surface area contributed by atoms with Crippen LogP contribution in [0.4, 0.5) is 0 Å². The van der Waals surface area contributed by atoms with E-state index in [1.807, 2.05) is 52.5 Å². The Morgan fingerprint density at radius 2 is 1.09 bits per heavy atom. The molecule has 0 unspecified atom stereocenters. The maximum atomic E-state index is 10.1. The monoisotopic (exact) mass is 622 g/mol. The molecule has 0 saturated carbocycles. The summed E-state index contributed by atoms with van der Waals surface area (Å²) in [7, 11) is 3.90. The van der Waals surface area contributed by atoms with Crippen molar-refractivity contribution in [2.24, 2.45) is 0 Å². The topological polar surface area (TPSA) is 224 Å². The lowest BCUT2D eigenvalue weighted by atomic mass is 10.0. The van der Waals surface area contributed by atoms with Gasteiger partial charge in [0, 0.05) is 12.4 Å². The largest absolute Gasteiger partial charge is 0.492 e. The Kier molecular flexibility index (Phi) is 22.3. The molecule has 246 valence electrons. The van der Waals surface area contributed by atoms with Gasteiger partial charge in [0.05, 0.1) is 25.6 Å². The third kappa shape index (κ3) is 17.9. The molecule has 0 aliphatic rings. The van der Waals surface area contributed by atoms with Crippen molar-refractivity contribution in [3.63, 3.8) is 0 Å². The first-order valence-electron chi connectivity index (χ1n) is 14.0. The first-order chi connectivity index (χ1) is 21.0. The SMILES string of the molecule is CCOc1cncc(/C=C/CCNC)c1.CCOc1cncc(/C=C/CCNC)c1.O=C(O)[C@@H](O)[C@H](O)[C@H](O)[C@@H](O)C(=O)O. The number of aromatic nitrogens is 2. The van der Waals surface area contributed by atoms with Crippen LogP contribution >= 0.6 is 0 Å². The fourth-order valence-corrected chi connectivity index (χ4v) is 3.10. The molecule has 0 aliphatic carbocycles. The maximum absolute atomic E-state index is 10.1. The average Bonchev–Trinajstić information content (AvgIpc) is 3.01. The third-order valence-corrected chi connectivity index (χ3v) is 5.34. The van der Waals surface area contributed by atoms with E-state index in [4.69, 9.17) is 40.1 Å². The Morgan fingerprint density at radius 1 is 0.727 bits per heavy atom. The van der Waals surface area contributed by atoms with Crippen molar-refractivity contribution in [2.75, 3.05) is 40.4 Å². The fourth-order valence-electron chi connectivity index (χ4n) is 3.10. The van der Waals surface area contributed by atoms with Crippen LogP contribution in [-0.2, 0) is 9.59 Å². The predicted octanol–water partition coefficient (Wildman–Crippen LogP) is 0.805. The van der Waals surface area contributed by atoms with Gasteiger partial charge in [-0.3, -0.25) is 9.97 Å². The van der Waals surface area contributed by atoms with E-state index in [1.165, 1.54) is 0 Å². The minimum atomic E-state index is -2.36. The Hall–Kier alpha value is -3.92. The van der Waals surface area contributed by atoms with Crippen molar-refractivity contribution in [2.45, 2.75) is 51.1 Å². The van der Waals surface area contributed by atoms with Gasteiger partial charge in [-0.25, -0.2) is 9.59 Å². The van der Waals surface area contributed by atoms with Crippen molar-refractivity contribution in [1.82, 2.24) is 20.6 Å². The van der Waals surface area contributed by atoms with Crippen molar-refractivity contribution in [3.05, 3.63) is 60.2 Å². The molecular formula is C30H46N4O10. The highest BCUT2D eigenvalue weighted by atomic mass is 16.5. The number of ether oxygens (including phenoxy) is 2. The lowest BCUT2D eigenvalue weighted by Gasteiger charge is -2.21. The number of aliphatic hydroxyl groups is 4. The summed E-state index contributed by atoms with van der Waals surface area (Å²) in [5.74, 6) is -2.02. The normalized spacial score (nSPS) is 13.5. The molecule has 2 aromatic rings. The third-order valence-electron chi connectivity index (χ3n) is 5.34. The molecule has 44 heavy (non-hydrogen) atoms. The second kappa shape index (κ2) is 24.5. The Morgan fingerprint density at radius 3 is 1.39 bits per heavy atom. The van der Waals surface area contributed by atoms with Gasteiger partial charge in [0.15, 0.2) is 12.2 Å². The summed E-state index contributed by atoms with van der Waals surface area (Å²) in [6.45, 7) is 7.28. The highest BCUT2D eigenvalue weighted by molar-refractivity contribution is 5.75. The van der Waals surface area contributed by atoms with Gasteiger partial charge in [0.1, 0.15) is 23.7 Å². The van der Waals surface area contributed by atoms with Gasteiger partial charge < -0.3 is 50.7 Å². The van der Waals surface area contributed by atoms with Gasteiger partial charge in [-0.2, -0.15) is 0 Å². The standard InChI is InChI=1S/2C12H18N2O.C6H10O8/c2*1-3-15-12-8-11(9-14-10-12)6-4-5-7-13-2;7-1(3(9)5(11)12)2(8)4(10)6(13)14/h2*4,6,8-10,13H,3,5,7H2,1-2H3;1-4,7-10H,(H,11,12)(H,13,14)/b2*6-4+;/t;;1-,2+,3+,4-. The van der Waals surface area contributed by atoms with Gasteiger partial charge in [-0.15, -0.1) is 0 Å². The second-order valence-electron chi connectivity index (χ2n) is 8.91. The van der Waals surface area contributed by atoms with Gasteiger partial charge in [-0.1, -0.05) is 24.3 Å². The lowest BCUT2D eigenvalue weighted by Crippen LogP contribution is -2.49. The summed E-state index contributed by atoms with van der Waals surface area (Å²) in [6.07, 6.45) is 8.27. The zero-order valence-corrected chi connectivity index (χ0v) is 25.5. The van der Waals surface area contributed by atoms with Crippen LogP contribution < -0.4 is 20.1 Å². The lowest BCUT2D eigenvalue weighted by molar-refractivity contribution is -0.172. The van der Waals surface area contributed by atoms with Crippen molar-refractivity contribution in [1.29, 1.82) is 0 Å². The number of aliphatic carboxylic acids is 2. The molecule has 0 spiro atoms. The Balaban J connectivity index is 0.000000631. The van der Waals surface area contributed by atoms with Gasteiger partial charge >= 0.3 is 11.9 Å². The molecule has 0 radical (unpaired) electrons. The van der Waals surface area contributed by atoms with E-state index in [9.17, 15) is 9.59 Å². The first kappa shape index (κ1) is 40.1. The molecule has 0 bridgehead atoms. The predicted molar refractivity (Wildman–Crippen MR) is 165 cm³/mol. The van der Waals surface area contributed by atoms with Crippen LogP contribution in [0.2, 0.25) is 0 Å². The summed E-state index contributed by atoms with van der Waals surface area (Å²) in [4.78, 5) is 28.4. The molecule has 2 rings (SSSR count). The smallest absolute Gasteiger partial charge is 0.335 e. The minimum Gasteiger partial charge on any atom is -0.492 e. The molecule has 0 aromatic carbocycles. The van der Waals surface area contributed by atoms with Crippen molar-refractivity contribution < 1.29 is 49.7 Å². The van der Waals surface area contributed by atoms with Gasteiger partial charge in [-0.05, 0) is 77.1 Å². The zero-order valence-electron chi connectivity index (χ0n) is 25.5. The van der Waals surface area contributed by atoms with E-state index in [2.05, 4.69) is 44.9 Å². The maximum Gasteiger partial charge on any atom is 0.335 e. The number of nitrogens with zero attached hydrogens (tertiary/aromatic N) is 2. The van der Waals surface area contributed by atoms with E-state index < -0.39 is 36.4 Å². The number of hydrogen-bond acceptors (Lipinski definition) is 12. The van der Waals surface area contributed by atoms with Crippen LogP contribution in [0.3, 0.4) is 0 Å². The molecule has 14 nitrogen and oxygen atoms in total. The second-order valence-corrected chi connectivity index (χ2v) is 8.91. The average molecular weight is 623 g/mol. The highest BCUT2D eigenvalue weighted by Gasteiger charge is 2.37. The fraction of sp³-hybridized carbons (Fsp3) is 0.467. The molecule has 0 amide bonds. The Bertz CT molecular complexity index is 1050. The van der Waals surface area contributed by atoms with E-state index in [-0.39, 0.29) is 0 Å². The molecular weight excluding hydrogens is 576 g/mol. The van der Waals surface area contributed by atoms with Crippen LogP contribution in [0.1, 0.15) is 37.8 Å². The first-order valence-corrected chi connectivity index (χ1v) is 14.0. The molecule has 2 heterocycles. The molecule has 0 fully saturated rings. The number of rotatable bonds is 17. The summed E-state index contributed by atoms with van der Waals surface area (Å²) >= 11 is 0. The van der Waals surface area contributed by atoms with Gasteiger partial charge in [0.2, 0.25) is 0 Å². The molecule has 4 atom stereocenters. The van der Waals surface area contributed by atoms with E-state index in [0.717, 1.165) is 48.6 Å². The van der Waals surface area contributed by atoms with Crippen LogP contribution in [0.25, 0.3) is 12.2 Å². The van der Waals surface area contributed by atoms with Crippen LogP contribution in [0.15, 0.2) is 49.1 Å². The molecule has 0 aliphatic heterocycles. The summed E-state index contributed by atoms with van der Waals surface area (Å²) in [6, 6.07) is 3.98. The zero-order chi connectivity index (χ0) is 33.3.